The first kappa shape index (κ1) is 29.1. The van der Waals surface area contributed by atoms with Crippen molar-refractivity contribution in [2.45, 2.75) is 13.8 Å². The topological polar surface area (TPSA) is 91.9 Å². The van der Waals surface area contributed by atoms with Crippen LogP contribution in [0.2, 0.25) is 5.02 Å². The van der Waals surface area contributed by atoms with Gasteiger partial charge >= 0.3 is 0 Å². The summed E-state index contributed by atoms with van der Waals surface area (Å²) in [6.07, 6.45) is 1.37. The first-order valence-corrected chi connectivity index (χ1v) is 13.9. The molecule has 0 spiro atoms. The van der Waals surface area contributed by atoms with Crippen molar-refractivity contribution in [3.05, 3.63) is 88.3 Å². The third-order valence-corrected chi connectivity index (χ3v) is 7.33. The molecular weight excluding hydrogens is 559 g/mol. The number of anilines is 4. The Bertz CT molecular complexity index is 1590. The summed E-state index contributed by atoms with van der Waals surface area (Å²) < 4.78 is 26.6. The summed E-state index contributed by atoms with van der Waals surface area (Å²) in [7, 11) is 3.54. The number of rotatable bonds is 8. The van der Waals surface area contributed by atoms with Gasteiger partial charge in [-0.3, -0.25) is 4.79 Å². The van der Waals surface area contributed by atoms with Crippen LogP contribution < -0.4 is 25.0 Å². The Kier molecular flexibility index (Phi) is 8.75. The fraction of sp³-hybridized carbons (Fsp3) is 0.258. The summed E-state index contributed by atoms with van der Waals surface area (Å²) in [6, 6.07) is 15.5. The third-order valence-electron chi connectivity index (χ3n) is 7.10. The standard InChI is InChI=1S/C31H32ClFN6O3/c1-19-6-5-7-20(2)28(19)36-29(40)23-18-34-31(37-30(23)42-26-11-8-21(32)16-27(26)41-4)35-22-9-10-25(24(33)17-22)39-14-12-38(3)13-15-39/h5-11,16-18H,12-15H2,1-4H3,(H,36,40)(H,34,35,37). The molecular formula is C31H32ClFN6O3. The molecule has 3 aromatic carbocycles. The third kappa shape index (κ3) is 6.56. The number of likely N-dealkylation sites (N-methyl/N-ethyl adjacent to an activating group) is 1. The fourth-order valence-corrected chi connectivity index (χ4v) is 4.86. The average Bonchev–Trinajstić information content (AvgIpc) is 2.97. The Morgan fingerprint density at radius 3 is 2.43 bits per heavy atom. The Labute approximate surface area is 249 Å². The molecule has 1 amide bonds. The predicted molar refractivity (Wildman–Crippen MR) is 163 cm³/mol. The lowest BCUT2D eigenvalue weighted by atomic mass is 10.1. The molecule has 2 N–H and O–H groups in total. The molecule has 11 heteroatoms. The van der Waals surface area contributed by atoms with Crippen molar-refractivity contribution in [2.24, 2.45) is 0 Å². The number of amides is 1. The van der Waals surface area contributed by atoms with Gasteiger partial charge in [0.25, 0.3) is 5.91 Å². The molecule has 1 aromatic heterocycles. The number of nitrogens with zero attached hydrogens (tertiary/aromatic N) is 4. The lowest BCUT2D eigenvalue weighted by Crippen LogP contribution is -2.44. The monoisotopic (exact) mass is 590 g/mol. The Balaban J connectivity index is 1.45. The van der Waals surface area contributed by atoms with Crippen molar-refractivity contribution in [1.29, 1.82) is 0 Å². The van der Waals surface area contributed by atoms with Gasteiger partial charge in [0.1, 0.15) is 11.4 Å². The number of aryl methyl sites for hydroxylation is 2. The van der Waals surface area contributed by atoms with Crippen LogP contribution in [0.25, 0.3) is 0 Å². The molecule has 42 heavy (non-hydrogen) atoms. The smallest absolute Gasteiger partial charge is 0.262 e. The van der Waals surface area contributed by atoms with Crippen LogP contribution in [0.4, 0.5) is 27.4 Å². The average molecular weight is 591 g/mol. The molecule has 0 bridgehead atoms. The van der Waals surface area contributed by atoms with Crippen molar-refractivity contribution in [2.75, 3.05) is 55.9 Å². The molecule has 0 aliphatic carbocycles. The first-order chi connectivity index (χ1) is 20.2. The quantitative estimate of drug-likeness (QED) is 0.242. The molecule has 5 rings (SSSR count). The SMILES string of the molecule is COc1cc(Cl)ccc1Oc1nc(Nc2ccc(N3CCN(C)CC3)c(F)c2)ncc1C(=O)Nc1c(C)cccc1C. The molecule has 4 aromatic rings. The highest BCUT2D eigenvalue weighted by Crippen LogP contribution is 2.35. The number of aromatic nitrogens is 2. The number of halogens is 2. The second-order valence-electron chi connectivity index (χ2n) is 10.1. The van der Waals surface area contributed by atoms with E-state index in [1.807, 2.05) is 36.9 Å². The van der Waals surface area contributed by atoms with Crippen LogP contribution in [0.15, 0.2) is 60.8 Å². The second kappa shape index (κ2) is 12.6. The zero-order valence-corrected chi connectivity index (χ0v) is 24.6. The maximum absolute atomic E-state index is 15.1. The number of para-hydroxylation sites is 1. The summed E-state index contributed by atoms with van der Waals surface area (Å²) >= 11 is 6.12. The lowest BCUT2D eigenvalue weighted by Gasteiger charge is -2.34. The molecule has 218 valence electrons. The lowest BCUT2D eigenvalue weighted by molar-refractivity contribution is 0.102. The van der Waals surface area contributed by atoms with Crippen LogP contribution in [-0.4, -0.2) is 61.1 Å². The van der Waals surface area contributed by atoms with Crippen LogP contribution in [-0.2, 0) is 0 Å². The second-order valence-corrected chi connectivity index (χ2v) is 10.5. The number of carbonyl (C=O) groups excluding carboxylic acids is 1. The van der Waals surface area contributed by atoms with Crippen LogP contribution in [0, 0.1) is 19.7 Å². The summed E-state index contributed by atoms with van der Waals surface area (Å²) in [6.45, 7) is 7.08. The summed E-state index contributed by atoms with van der Waals surface area (Å²) in [5.41, 5.74) is 3.60. The van der Waals surface area contributed by atoms with E-state index in [0.717, 1.165) is 37.3 Å². The first-order valence-electron chi connectivity index (χ1n) is 13.5. The van der Waals surface area contributed by atoms with Crippen molar-refractivity contribution >= 4 is 40.5 Å². The zero-order valence-electron chi connectivity index (χ0n) is 23.9. The van der Waals surface area contributed by atoms with E-state index in [9.17, 15) is 4.79 Å². The minimum Gasteiger partial charge on any atom is -0.493 e. The molecule has 0 saturated carbocycles. The molecule has 1 aliphatic heterocycles. The van der Waals surface area contributed by atoms with Crippen molar-refractivity contribution in [3.63, 3.8) is 0 Å². The predicted octanol–water partition coefficient (Wildman–Crippen LogP) is 6.43. The summed E-state index contributed by atoms with van der Waals surface area (Å²) in [5, 5.41) is 6.43. The molecule has 0 unspecified atom stereocenters. The van der Waals surface area contributed by atoms with E-state index in [0.29, 0.717) is 33.6 Å². The minimum atomic E-state index is -0.454. The maximum Gasteiger partial charge on any atom is 0.262 e. The molecule has 1 aliphatic rings. The van der Waals surface area contributed by atoms with E-state index in [4.69, 9.17) is 21.1 Å². The van der Waals surface area contributed by atoms with Gasteiger partial charge in [-0.15, -0.1) is 0 Å². The van der Waals surface area contributed by atoms with E-state index in [1.165, 1.54) is 19.4 Å². The van der Waals surface area contributed by atoms with Crippen LogP contribution in [0.1, 0.15) is 21.5 Å². The number of benzene rings is 3. The number of carbonyl (C=O) groups is 1. The van der Waals surface area contributed by atoms with Crippen molar-refractivity contribution in [3.8, 4) is 17.4 Å². The Morgan fingerprint density at radius 1 is 1.00 bits per heavy atom. The summed E-state index contributed by atoms with van der Waals surface area (Å²) in [5.74, 6) is -0.0470. The van der Waals surface area contributed by atoms with Crippen molar-refractivity contribution < 1.29 is 18.7 Å². The highest BCUT2D eigenvalue weighted by Gasteiger charge is 2.21. The van der Waals surface area contributed by atoms with Crippen LogP contribution >= 0.6 is 11.6 Å². The van der Waals surface area contributed by atoms with Gasteiger partial charge in [-0.25, -0.2) is 9.37 Å². The van der Waals surface area contributed by atoms with Crippen LogP contribution in [0.3, 0.4) is 0 Å². The molecule has 0 radical (unpaired) electrons. The zero-order chi connectivity index (χ0) is 29.8. The number of ether oxygens (including phenoxy) is 2. The van der Waals surface area contributed by atoms with Gasteiger partial charge in [0, 0.05) is 54.8 Å². The van der Waals surface area contributed by atoms with E-state index >= 15 is 4.39 Å². The molecule has 0 atom stereocenters. The van der Waals surface area contributed by atoms with Crippen molar-refractivity contribution in [1.82, 2.24) is 14.9 Å². The number of hydrogen-bond donors (Lipinski definition) is 2. The normalized spacial score (nSPS) is 13.5. The number of hydrogen-bond acceptors (Lipinski definition) is 8. The van der Waals surface area contributed by atoms with E-state index < -0.39 is 5.91 Å². The summed E-state index contributed by atoms with van der Waals surface area (Å²) in [4.78, 5) is 26.5. The molecule has 1 fully saturated rings. The highest BCUT2D eigenvalue weighted by molar-refractivity contribution is 6.30. The van der Waals surface area contributed by atoms with Gasteiger partial charge in [0.2, 0.25) is 11.8 Å². The van der Waals surface area contributed by atoms with E-state index in [-0.39, 0.29) is 23.2 Å². The maximum atomic E-state index is 15.1. The molecule has 1 saturated heterocycles. The largest absolute Gasteiger partial charge is 0.493 e. The van der Waals surface area contributed by atoms with Crippen LogP contribution in [0.5, 0.6) is 17.4 Å². The number of piperazine rings is 1. The van der Waals surface area contributed by atoms with Gasteiger partial charge in [-0.05, 0) is 62.4 Å². The fourth-order valence-electron chi connectivity index (χ4n) is 4.70. The molecule has 2 heterocycles. The Morgan fingerprint density at radius 2 is 1.74 bits per heavy atom. The minimum absolute atomic E-state index is 0.0219. The van der Waals surface area contributed by atoms with E-state index in [2.05, 4.69) is 32.5 Å². The number of nitrogens with one attached hydrogen (secondary N) is 2. The molecule has 9 nitrogen and oxygen atoms in total. The van der Waals surface area contributed by atoms with Gasteiger partial charge in [-0.2, -0.15) is 4.98 Å². The van der Waals surface area contributed by atoms with Gasteiger partial charge in [-0.1, -0.05) is 29.8 Å². The van der Waals surface area contributed by atoms with Gasteiger partial charge in [0.05, 0.1) is 12.8 Å². The van der Waals surface area contributed by atoms with E-state index in [1.54, 1.807) is 30.3 Å². The highest BCUT2D eigenvalue weighted by atomic mass is 35.5. The van der Waals surface area contributed by atoms with Gasteiger partial charge in [0.15, 0.2) is 11.5 Å². The Hall–Kier alpha value is -4.41. The van der Waals surface area contributed by atoms with Gasteiger partial charge < -0.3 is 29.9 Å². The number of methoxy groups -OCH3 is 1.